The van der Waals surface area contributed by atoms with Crippen LogP contribution in [0.4, 0.5) is 0 Å². The van der Waals surface area contributed by atoms with Crippen LogP contribution in [0.5, 0.6) is 0 Å². The fourth-order valence-corrected chi connectivity index (χ4v) is 2.87. The average molecular weight is 358 g/mol. The number of aliphatic hydroxyl groups is 7. The Morgan fingerprint density at radius 3 is 2.00 bits per heavy atom. The van der Waals surface area contributed by atoms with E-state index >= 15 is 0 Å². The maximum Gasteiger partial charge on any atom is 0.187 e. The monoisotopic (exact) mass is 358 g/mol. The lowest BCUT2D eigenvalue weighted by molar-refractivity contribution is -0.351. The van der Waals surface area contributed by atoms with E-state index in [2.05, 4.69) is 12.6 Å². The van der Waals surface area contributed by atoms with Crippen molar-refractivity contribution in [2.24, 2.45) is 0 Å². The number of rotatable bonds is 4. The van der Waals surface area contributed by atoms with E-state index in [-0.39, 0.29) is 5.75 Å². The van der Waals surface area contributed by atoms with Gasteiger partial charge in [-0.1, -0.05) is 0 Å². The summed E-state index contributed by atoms with van der Waals surface area (Å²) in [6.45, 7) is -0.643. The number of hydrogen-bond acceptors (Lipinski definition) is 11. The molecule has 0 aromatic heterocycles. The van der Waals surface area contributed by atoms with E-state index in [4.69, 9.17) is 14.2 Å². The molecule has 23 heavy (non-hydrogen) atoms. The molecule has 10 atom stereocenters. The van der Waals surface area contributed by atoms with Crippen molar-refractivity contribution in [3.63, 3.8) is 0 Å². The SMILES string of the molecule is OCC1O[C@@H](O)C(O)[C@@H](O)[C@H]1O[C@@H]1OC(CS)[C@H](O)C(O)[C@@H]1O. The van der Waals surface area contributed by atoms with Gasteiger partial charge in [-0.25, -0.2) is 0 Å². The van der Waals surface area contributed by atoms with Crippen molar-refractivity contribution in [1.29, 1.82) is 0 Å². The van der Waals surface area contributed by atoms with Crippen LogP contribution in [-0.4, -0.2) is 110 Å². The van der Waals surface area contributed by atoms with Crippen molar-refractivity contribution in [3.05, 3.63) is 0 Å². The van der Waals surface area contributed by atoms with Gasteiger partial charge in [0, 0.05) is 5.75 Å². The van der Waals surface area contributed by atoms with Gasteiger partial charge in [0.2, 0.25) is 0 Å². The van der Waals surface area contributed by atoms with Crippen molar-refractivity contribution in [2.75, 3.05) is 12.4 Å². The lowest BCUT2D eigenvalue weighted by Gasteiger charge is -2.45. The highest BCUT2D eigenvalue weighted by Crippen LogP contribution is 2.28. The summed E-state index contributed by atoms with van der Waals surface area (Å²) in [5.74, 6) is 0.0271. The van der Waals surface area contributed by atoms with Gasteiger partial charge in [0.15, 0.2) is 12.6 Å². The van der Waals surface area contributed by atoms with Crippen molar-refractivity contribution >= 4 is 12.6 Å². The minimum atomic E-state index is -1.71. The summed E-state index contributed by atoms with van der Waals surface area (Å²) >= 11 is 3.96. The Kier molecular flexibility index (Phi) is 6.61. The van der Waals surface area contributed by atoms with Crippen LogP contribution in [0.15, 0.2) is 0 Å². The van der Waals surface area contributed by atoms with Crippen LogP contribution in [0.2, 0.25) is 0 Å². The van der Waals surface area contributed by atoms with Gasteiger partial charge in [0.05, 0.1) is 12.7 Å². The highest BCUT2D eigenvalue weighted by atomic mass is 32.1. The van der Waals surface area contributed by atoms with E-state index < -0.39 is 68.0 Å². The Balaban J connectivity index is 2.11. The van der Waals surface area contributed by atoms with Crippen LogP contribution in [-0.2, 0) is 14.2 Å². The first-order chi connectivity index (χ1) is 10.8. The Morgan fingerprint density at radius 2 is 1.43 bits per heavy atom. The smallest absolute Gasteiger partial charge is 0.187 e. The molecule has 136 valence electrons. The molecular formula is C12H22O10S. The third kappa shape index (κ3) is 3.80. The van der Waals surface area contributed by atoms with E-state index in [9.17, 15) is 35.7 Å². The first-order valence-electron chi connectivity index (χ1n) is 7.08. The molecule has 0 saturated carbocycles. The number of aliphatic hydroxyl groups excluding tert-OH is 7. The second-order valence-electron chi connectivity index (χ2n) is 5.53. The molecule has 2 saturated heterocycles. The summed E-state index contributed by atoms with van der Waals surface area (Å²) < 4.78 is 15.5. The lowest BCUT2D eigenvalue weighted by atomic mass is 9.97. The van der Waals surface area contributed by atoms with Gasteiger partial charge in [-0.2, -0.15) is 12.6 Å². The number of thiol groups is 1. The number of ether oxygens (including phenoxy) is 3. The Bertz CT molecular complexity index is 383. The molecule has 10 nitrogen and oxygen atoms in total. The molecule has 0 radical (unpaired) electrons. The van der Waals surface area contributed by atoms with E-state index in [0.29, 0.717) is 0 Å². The molecule has 0 aromatic rings. The summed E-state index contributed by atoms with van der Waals surface area (Å²) in [6, 6.07) is 0. The van der Waals surface area contributed by atoms with Crippen molar-refractivity contribution in [2.45, 2.75) is 61.4 Å². The predicted molar refractivity (Wildman–Crippen MR) is 75.4 cm³/mol. The maximum absolute atomic E-state index is 9.98. The van der Waals surface area contributed by atoms with E-state index in [1.807, 2.05) is 0 Å². The van der Waals surface area contributed by atoms with Gasteiger partial charge in [-0.3, -0.25) is 0 Å². The number of hydrogen-bond donors (Lipinski definition) is 8. The van der Waals surface area contributed by atoms with Crippen LogP contribution in [0, 0.1) is 0 Å². The molecule has 2 aliphatic heterocycles. The molecule has 0 aliphatic carbocycles. The van der Waals surface area contributed by atoms with Crippen molar-refractivity contribution in [3.8, 4) is 0 Å². The summed E-state index contributed by atoms with van der Waals surface area (Å²) in [6.07, 6.45) is -14.6. The van der Waals surface area contributed by atoms with E-state index in [1.165, 1.54) is 0 Å². The van der Waals surface area contributed by atoms with Crippen LogP contribution >= 0.6 is 12.6 Å². The fraction of sp³-hybridized carbons (Fsp3) is 1.00. The van der Waals surface area contributed by atoms with Crippen LogP contribution in [0.1, 0.15) is 0 Å². The molecule has 2 heterocycles. The van der Waals surface area contributed by atoms with Crippen molar-refractivity contribution in [1.82, 2.24) is 0 Å². The van der Waals surface area contributed by atoms with Gasteiger partial charge in [0.25, 0.3) is 0 Å². The van der Waals surface area contributed by atoms with E-state index in [0.717, 1.165) is 0 Å². The normalized spacial score (nSPS) is 51.7. The summed E-state index contributed by atoms with van der Waals surface area (Å²) in [5, 5.41) is 67.7. The largest absolute Gasteiger partial charge is 0.394 e. The highest BCUT2D eigenvalue weighted by molar-refractivity contribution is 7.80. The molecule has 0 amide bonds. The third-order valence-electron chi connectivity index (χ3n) is 3.98. The lowest BCUT2D eigenvalue weighted by Crippen LogP contribution is -2.64. The zero-order valence-corrected chi connectivity index (χ0v) is 12.9. The molecule has 0 spiro atoms. The highest BCUT2D eigenvalue weighted by Gasteiger charge is 2.49. The molecule has 0 bridgehead atoms. The minimum absolute atomic E-state index is 0.0271. The van der Waals surface area contributed by atoms with Crippen LogP contribution in [0.25, 0.3) is 0 Å². The Morgan fingerprint density at radius 1 is 0.783 bits per heavy atom. The first-order valence-corrected chi connectivity index (χ1v) is 7.71. The molecule has 11 heteroatoms. The summed E-state index contributed by atoms with van der Waals surface area (Å²) in [5.41, 5.74) is 0. The molecular weight excluding hydrogens is 336 g/mol. The topological polar surface area (TPSA) is 169 Å². The van der Waals surface area contributed by atoms with Crippen LogP contribution in [0.3, 0.4) is 0 Å². The molecule has 7 N–H and O–H groups in total. The maximum atomic E-state index is 9.98. The van der Waals surface area contributed by atoms with Gasteiger partial charge >= 0.3 is 0 Å². The minimum Gasteiger partial charge on any atom is -0.394 e. The van der Waals surface area contributed by atoms with Gasteiger partial charge in [-0.05, 0) is 0 Å². The zero-order chi connectivity index (χ0) is 17.3. The first kappa shape index (κ1) is 19.3. The second kappa shape index (κ2) is 7.89. The summed E-state index contributed by atoms with van der Waals surface area (Å²) in [4.78, 5) is 0. The quantitative estimate of drug-likeness (QED) is 0.229. The molecule has 0 aromatic carbocycles. The third-order valence-corrected chi connectivity index (χ3v) is 4.34. The van der Waals surface area contributed by atoms with Gasteiger partial charge in [0.1, 0.15) is 42.7 Å². The molecule has 2 rings (SSSR count). The molecule has 4 unspecified atom stereocenters. The molecule has 2 aliphatic rings. The van der Waals surface area contributed by atoms with Gasteiger partial charge in [-0.15, -0.1) is 0 Å². The summed E-state index contributed by atoms with van der Waals surface area (Å²) in [7, 11) is 0. The van der Waals surface area contributed by atoms with Crippen molar-refractivity contribution < 1.29 is 50.0 Å². The average Bonchev–Trinajstić information content (AvgIpc) is 2.55. The zero-order valence-electron chi connectivity index (χ0n) is 12.0. The standard InChI is InChI=1S/C12H22O10S/c13-1-3-10(7(16)8(17)11(19)20-3)22-12-9(18)6(15)5(14)4(2-23)21-12/h3-19,23H,1-2H2/t3?,4?,5-,6?,7+,8?,9-,10-,11+,12-/m0/s1. The van der Waals surface area contributed by atoms with E-state index in [1.54, 1.807) is 0 Å². The Labute approximate surface area is 137 Å². The fourth-order valence-electron chi connectivity index (χ4n) is 2.57. The van der Waals surface area contributed by atoms with Crippen LogP contribution < -0.4 is 0 Å². The second-order valence-corrected chi connectivity index (χ2v) is 5.89. The Hall–Kier alpha value is -0.0500. The van der Waals surface area contributed by atoms with Gasteiger partial charge < -0.3 is 50.0 Å². The predicted octanol–water partition coefficient (Wildman–Crippen LogP) is -4.46. The molecule has 2 fully saturated rings.